The molecule has 0 N–H and O–H groups in total. The van der Waals surface area contributed by atoms with E-state index >= 15 is 0 Å². The van der Waals surface area contributed by atoms with Gasteiger partial charge in [-0.25, -0.2) is 0 Å². The molecule has 0 atom stereocenters. The summed E-state index contributed by atoms with van der Waals surface area (Å²) < 4.78 is 16.5. The van der Waals surface area contributed by atoms with Crippen LogP contribution in [0.4, 0.5) is 0 Å². The lowest BCUT2D eigenvalue weighted by molar-refractivity contribution is 0.581. The lowest BCUT2D eigenvalue weighted by Gasteiger charge is -2.14. The van der Waals surface area contributed by atoms with Crippen molar-refractivity contribution >= 4 is 54.6 Å². The second kappa shape index (κ2) is 11.8. The maximum atomic E-state index is 4.75. The summed E-state index contributed by atoms with van der Waals surface area (Å²) in [6, 6.07) is 13.1. The zero-order valence-corrected chi connectivity index (χ0v) is 23.5. The third-order valence-electron chi connectivity index (χ3n) is 6.29. The van der Waals surface area contributed by atoms with E-state index in [0.717, 1.165) is 44.5 Å². The van der Waals surface area contributed by atoms with Crippen LogP contribution in [0.25, 0.3) is 33.5 Å². The summed E-state index contributed by atoms with van der Waals surface area (Å²) >= 11 is 8.82. The molecule has 0 amide bonds. The number of fused-ring (bicyclic) bond motifs is 1. The molecule has 0 fully saturated rings. The fourth-order valence-electron chi connectivity index (χ4n) is 4.48. The molecule has 3 aromatic heterocycles. The third kappa shape index (κ3) is 5.46. The highest BCUT2D eigenvalue weighted by atomic mass is 79.9. The zero-order chi connectivity index (χ0) is 23.2. The Morgan fingerprint density at radius 3 is 1.52 bits per heavy atom. The van der Waals surface area contributed by atoms with Crippen LogP contribution in [-0.2, 0) is 13.1 Å². The van der Waals surface area contributed by atoms with Crippen LogP contribution in [0.3, 0.4) is 0 Å². The Kier molecular flexibility index (Phi) is 8.83. The van der Waals surface area contributed by atoms with E-state index in [-0.39, 0.29) is 0 Å². The second-order valence-electron chi connectivity index (χ2n) is 8.63. The first-order chi connectivity index (χ1) is 16.2. The number of aromatic nitrogens is 4. The van der Waals surface area contributed by atoms with Gasteiger partial charge in [-0.2, -0.15) is 8.75 Å². The summed E-state index contributed by atoms with van der Waals surface area (Å²) in [7, 11) is 0. The van der Waals surface area contributed by atoms with Crippen molar-refractivity contribution in [1.29, 1.82) is 0 Å². The van der Waals surface area contributed by atoms with E-state index in [2.05, 4.69) is 91.2 Å². The molecule has 0 aliphatic rings. The molecular formula is C26H32Br2N4S. The highest BCUT2D eigenvalue weighted by Crippen LogP contribution is 2.37. The summed E-state index contributed by atoms with van der Waals surface area (Å²) in [6.07, 6.45) is 9.97. The van der Waals surface area contributed by atoms with Gasteiger partial charge in [-0.05, 0) is 81.1 Å². The fourth-order valence-corrected chi connectivity index (χ4v) is 6.06. The van der Waals surface area contributed by atoms with Crippen LogP contribution in [-0.4, -0.2) is 17.9 Å². The monoisotopic (exact) mass is 590 g/mol. The van der Waals surface area contributed by atoms with E-state index in [9.17, 15) is 0 Å². The third-order valence-corrected chi connectivity index (χ3v) is 8.21. The topological polar surface area (TPSA) is 35.6 Å². The van der Waals surface area contributed by atoms with E-state index in [1.54, 1.807) is 0 Å². The summed E-state index contributed by atoms with van der Waals surface area (Å²) in [5, 5.41) is 0. The first-order valence-electron chi connectivity index (χ1n) is 12.1. The van der Waals surface area contributed by atoms with E-state index in [1.807, 2.05) is 0 Å². The predicted octanol–water partition coefficient (Wildman–Crippen LogP) is 9.31. The first-order valence-corrected chi connectivity index (χ1v) is 14.4. The van der Waals surface area contributed by atoms with Crippen molar-refractivity contribution in [2.45, 2.75) is 78.3 Å². The normalized spacial score (nSPS) is 11.6. The van der Waals surface area contributed by atoms with E-state index in [0.29, 0.717) is 0 Å². The molecule has 4 rings (SSSR count). The molecule has 0 saturated carbocycles. The van der Waals surface area contributed by atoms with Crippen molar-refractivity contribution in [2.75, 3.05) is 0 Å². The number of nitrogens with zero attached hydrogens (tertiary/aromatic N) is 4. The number of unbranched alkanes of at least 4 members (excludes halogenated alkanes) is 6. The summed E-state index contributed by atoms with van der Waals surface area (Å²) in [5.41, 5.74) is 6.71. The average molecular weight is 592 g/mol. The molecule has 4 aromatic rings. The molecule has 0 aliphatic heterocycles. The summed E-state index contributed by atoms with van der Waals surface area (Å²) in [6.45, 7) is 6.53. The molecule has 0 saturated heterocycles. The maximum absolute atomic E-state index is 4.75. The van der Waals surface area contributed by atoms with Gasteiger partial charge in [0.05, 0.1) is 32.3 Å². The van der Waals surface area contributed by atoms with E-state index in [4.69, 9.17) is 8.75 Å². The van der Waals surface area contributed by atoms with Gasteiger partial charge in [-0.15, -0.1) is 0 Å². The minimum absolute atomic E-state index is 0.993. The number of halogens is 2. The Bertz CT molecular complexity index is 1100. The summed E-state index contributed by atoms with van der Waals surface area (Å²) in [4.78, 5) is 0. The molecule has 1 aromatic carbocycles. The van der Waals surface area contributed by atoms with Gasteiger partial charge in [-0.1, -0.05) is 52.4 Å². The molecule has 176 valence electrons. The number of rotatable bonds is 12. The van der Waals surface area contributed by atoms with Gasteiger partial charge in [0.15, 0.2) is 0 Å². The van der Waals surface area contributed by atoms with Crippen molar-refractivity contribution in [2.24, 2.45) is 0 Å². The molecular weight excluding hydrogens is 560 g/mol. The molecule has 0 spiro atoms. The van der Waals surface area contributed by atoms with Crippen LogP contribution < -0.4 is 0 Å². The SMILES string of the molecule is CCCCCCn1c(Br)ccc1-c1ccc(-c2ccc(Br)n2CCCCCC)c2nsnc12. The first kappa shape index (κ1) is 24.7. The Labute approximate surface area is 218 Å². The minimum Gasteiger partial charge on any atom is -0.335 e. The van der Waals surface area contributed by atoms with E-state index in [1.165, 1.54) is 74.5 Å². The van der Waals surface area contributed by atoms with Crippen molar-refractivity contribution in [1.82, 2.24) is 17.9 Å². The van der Waals surface area contributed by atoms with Crippen molar-refractivity contribution < 1.29 is 0 Å². The Hall–Kier alpha value is -1.44. The van der Waals surface area contributed by atoms with Crippen molar-refractivity contribution in [3.63, 3.8) is 0 Å². The van der Waals surface area contributed by atoms with Gasteiger partial charge >= 0.3 is 0 Å². The van der Waals surface area contributed by atoms with Crippen LogP contribution >= 0.6 is 43.6 Å². The maximum Gasteiger partial charge on any atom is 0.114 e. The number of benzene rings is 1. The van der Waals surface area contributed by atoms with Crippen LogP contribution in [0.1, 0.15) is 65.2 Å². The molecule has 0 bridgehead atoms. The Morgan fingerprint density at radius 1 is 0.636 bits per heavy atom. The summed E-state index contributed by atoms with van der Waals surface area (Å²) in [5.74, 6) is 0. The highest BCUT2D eigenvalue weighted by Gasteiger charge is 2.19. The largest absolute Gasteiger partial charge is 0.335 e. The zero-order valence-electron chi connectivity index (χ0n) is 19.5. The second-order valence-corrected chi connectivity index (χ2v) is 10.8. The van der Waals surface area contributed by atoms with Crippen molar-refractivity contribution in [3.8, 4) is 22.5 Å². The van der Waals surface area contributed by atoms with Crippen LogP contribution in [0, 0.1) is 0 Å². The quantitative estimate of drug-likeness (QED) is 0.154. The van der Waals surface area contributed by atoms with Gasteiger partial charge in [0, 0.05) is 24.2 Å². The molecule has 0 radical (unpaired) electrons. The van der Waals surface area contributed by atoms with Crippen LogP contribution in [0.15, 0.2) is 45.6 Å². The molecule has 3 heterocycles. The lowest BCUT2D eigenvalue weighted by Crippen LogP contribution is -2.02. The molecule has 33 heavy (non-hydrogen) atoms. The van der Waals surface area contributed by atoms with Crippen LogP contribution in [0.2, 0.25) is 0 Å². The smallest absolute Gasteiger partial charge is 0.114 e. The van der Waals surface area contributed by atoms with Crippen molar-refractivity contribution in [3.05, 3.63) is 45.6 Å². The Balaban J connectivity index is 1.68. The van der Waals surface area contributed by atoms with Crippen LogP contribution in [0.5, 0.6) is 0 Å². The molecule has 7 heteroatoms. The standard InChI is InChI=1S/C26H32Br2N4S/c1-3-5-7-9-17-31-21(13-15-23(31)27)19-11-12-20(26-25(19)29-33-30-26)22-14-16-24(28)32(22)18-10-8-6-4-2/h11-16H,3-10,17-18H2,1-2H3. The fraction of sp³-hybridized carbons (Fsp3) is 0.462. The average Bonchev–Trinajstić information content (AvgIpc) is 3.54. The molecule has 0 aliphatic carbocycles. The van der Waals surface area contributed by atoms with Gasteiger partial charge in [-0.3, -0.25) is 0 Å². The lowest BCUT2D eigenvalue weighted by atomic mass is 10.0. The number of hydrogen-bond donors (Lipinski definition) is 0. The van der Waals surface area contributed by atoms with Gasteiger partial charge < -0.3 is 9.13 Å². The van der Waals surface area contributed by atoms with Gasteiger partial charge in [0.2, 0.25) is 0 Å². The Morgan fingerprint density at radius 2 is 1.09 bits per heavy atom. The predicted molar refractivity (Wildman–Crippen MR) is 148 cm³/mol. The van der Waals surface area contributed by atoms with Gasteiger partial charge in [0.25, 0.3) is 0 Å². The highest BCUT2D eigenvalue weighted by molar-refractivity contribution is 9.10. The molecule has 0 unspecified atom stereocenters. The van der Waals surface area contributed by atoms with Gasteiger partial charge in [0.1, 0.15) is 11.0 Å². The van der Waals surface area contributed by atoms with E-state index < -0.39 is 0 Å². The minimum atomic E-state index is 0.993. The molecule has 4 nitrogen and oxygen atoms in total. The number of hydrogen-bond acceptors (Lipinski definition) is 3.